The molecule has 3 unspecified atom stereocenters. The fourth-order valence-electron chi connectivity index (χ4n) is 9.07. The molecule has 0 bridgehead atoms. The van der Waals surface area contributed by atoms with Gasteiger partial charge < -0.3 is 20.3 Å². The van der Waals surface area contributed by atoms with Gasteiger partial charge >= 0.3 is 5.97 Å². The molecular formula is C59H113NO5. The maximum absolute atomic E-state index is 13.3. The van der Waals surface area contributed by atoms with Crippen LogP contribution in [0.3, 0.4) is 0 Å². The molecule has 3 atom stereocenters. The monoisotopic (exact) mass is 916 g/mol. The van der Waals surface area contributed by atoms with E-state index in [1.165, 1.54) is 205 Å². The normalized spacial score (nSPS) is 13.2. The minimum Gasteiger partial charge on any atom is -0.462 e. The Hall–Kier alpha value is -1.66. The van der Waals surface area contributed by atoms with E-state index in [0.29, 0.717) is 19.3 Å². The van der Waals surface area contributed by atoms with Crippen molar-refractivity contribution >= 4 is 11.9 Å². The van der Waals surface area contributed by atoms with Gasteiger partial charge in [-0.25, -0.2) is 0 Å². The lowest BCUT2D eigenvalue weighted by molar-refractivity contribution is -0.151. The first kappa shape index (κ1) is 63.3. The number of nitrogens with one attached hydrogen (secondary N) is 1. The van der Waals surface area contributed by atoms with E-state index >= 15 is 0 Å². The second-order valence-corrected chi connectivity index (χ2v) is 20.0. The highest BCUT2D eigenvalue weighted by Crippen LogP contribution is 2.18. The third-order valence-electron chi connectivity index (χ3n) is 13.5. The van der Waals surface area contributed by atoms with Crippen molar-refractivity contribution in [2.24, 2.45) is 0 Å². The molecule has 0 heterocycles. The number of aliphatic hydroxyl groups is 2. The number of ether oxygens (including phenoxy) is 1. The molecular weight excluding hydrogens is 803 g/mol. The Balaban J connectivity index is 4.53. The van der Waals surface area contributed by atoms with Gasteiger partial charge in [-0.15, -0.1) is 0 Å². The summed E-state index contributed by atoms with van der Waals surface area (Å²) in [4.78, 5) is 26.2. The van der Waals surface area contributed by atoms with E-state index in [9.17, 15) is 19.8 Å². The maximum atomic E-state index is 13.3. The van der Waals surface area contributed by atoms with Crippen LogP contribution >= 0.6 is 0 Å². The summed E-state index contributed by atoms with van der Waals surface area (Å²) in [6, 6.07) is -0.706. The van der Waals surface area contributed by atoms with Crippen LogP contribution in [0.1, 0.15) is 316 Å². The smallest absolute Gasteiger partial charge is 0.306 e. The molecule has 384 valence electrons. The lowest BCUT2D eigenvalue weighted by Gasteiger charge is -2.24. The van der Waals surface area contributed by atoms with Crippen molar-refractivity contribution < 1.29 is 24.5 Å². The zero-order valence-electron chi connectivity index (χ0n) is 43.9. The van der Waals surface area contributed by atoms with E-state index in [1.54, 1.807) is 0 Å². The Labute approximate surface area is 405 Å². The number of hydrogen-bond donors (Lipinski definition) is 3. The van der Waals surface area contributed by atoms with E-state index in [0.717, 1.165) is 64.2 Å². The predicted molar refractivity (Wildman–Crippen MR) is 283 cm³/mol. The number of unbranched alkanes of at least 4 members (excludes halogenated alkanes) is 37. The lowest BCUT2D eigenvalue weighted by atomic mass is 10.0. The van der Waals surface area contributed by atoms with Gasteiger partial charge in [0.15, 0.2) is 0 Å². The number of esters is 1. The van der Waals surface area contributed by atoms with E-state index in [4.69, 9.17) is 4.74 Å². The average Bonchev–Trinajstić information content (AvgIpc) is 3.30. The number of carbonyl (C=O) groups is 2. The highest BCUT2D eigenvalue weighted by Gasteiger charge is 2.24. The van der Waals surface area contributed by atoms with Crippen molar-refractivity contribution in [1.82, 2.24) is 5.32 Å². The first-order chi connectivity index (χ1) is 32.0. The minimum atomic E-state index is -0.792. The number of carbonyl (C=O) groups excluding carboxylic acids is 2. The summed E-state index contributed by atoms with van der Waals surface area (Å²) in [7, 11) is 0. The Bertz CT molecular complexity index is 1030. The van der Waals surface area contributed by atoms with E-state index < -0.39 is 18.2 Å². The van der Waals surface area contributed by atoms with Crippen molar-refractivity contribution in [3.63, 3.8) is 0 Å². The number of amides is 1. The van der Waals surface area contributed by atoms with Gasteiger partial charge in [-0.05, 0) is 77.0 Å². The quantitative estimate of drug-likeness (QED) is 0.0321. The highest BCUT2D eigenvalue weighted by molar-refractivity contribution is 5.77. The number of aliphatic hydroxyl groups excluding tert-OH is 2. The van der Waals surface area contributed by atoms with Crippen LogP contribution in [0.25, 0.3) is 0 Å². The summed E-state index contributed by atoms with van der Waals surface area (Å²) in [5, 5.41) is 23.9. The molecule has 0 spiro atoms. The fraction of sp³-hybridized carbons (Fsp3) is 0.898. The van der Waals surface area contributed by atoms with Crippen LogP contribution in [0, 0.1) is 0 Å². The van der Waals surface area contributed by atoms with Crippen molar-refractivity contribution in [3.8, 4) is 0 Å². The van der Waals surface area contributed by atoms with E-state index in [-0.39, 0.29) is 24.9 Å². The fourth-order valence-corrected chi connectivity index (χ4v) is 9.07. The summed E-state index contributed by atoms with van der Waals surface area (Å²) in [6.45, 7) is 6.51. The molecule has 0 aromatic rings. The van der Waals surface area contributed by atoms with Gasteiger partial charge in [-0.2, -0.15) is 0 Å². The molecule has 0 aliphatic heterocycles. The Morgan fingerprint density at radius 1 is 0.431 bits per heavy atom. The topological polar surface area (TPSA) is 95.9 Å². The molecule has 0 saturated carbocycles. The molecule has 1 amide bonds. The molecule has 0 aliphatic rings. The molecule has 0 aromatic heterocycles. The van der Waals surface area contributed by atoms with Crippen LogP contribution in [0.4, 0.5) is 0 Å². The predicted octanol–water partition coefficient (Wildman–Crippen LogP) is 17.9. The SMILES string of the molecule is CCCCCCCC/C=C\CCCCCC(=O)OC(CCCCC/C=C/CCCCCCCCCCC)CC(=O)NC(CO)C(O)CCCCCCCCCCCCCCCCCCC. The van der Waals surface area contributed by atoms with Crippen LogP contribution in [0.15, 0.2) is 24.3 Å². The molecule has 0 aliphatic carbocycles. The highest BCUT2D eigenvalue weighted by atomic mass is 16.5. The van der Waals surface area contributed by atoms with Crippen LogP contribution < -0.4 is 5.32 Å². The summed E-state index contributed by atoms with van der Waals surface area (Å²) in [6.07, 6.45) is 62.5. The van der Waals surface area contributed by atoms with Gasteiger partial charge in [0.05, 0.1) is 25.2 Å². The lowest BCUT2D eigenvalue weighted by Crippen LogP contribution is -2.46. The summed E-state index contributed by atoms with van der Waals surface area (Å²) >= 11 is 0. The van der Waals surface area contributed by atoms with Gasteiger partial charge in [0.25, 0.3) is 0 Å². The van der Waals surface area contributed by atoms with Crippen molar-refractivity contribution in [2.45, 2.75) is 334 Å². The van der Waals surface area contributed by atoms with E-state index in [2.05, 4.69) is 50.4 Å². The van der Waals surface area contributed by atoms with Crippen molar-refractivity contribution in [3.05, 3.63) is 24.3 Å². The van der Waals surface area contributed by atoms with Crippen LogP contribution in [-0.4, -0.2) is 46.9 Å². The molecule has 0 fully saturated rings. The molecule has 65 heavy (non-hydrogen) atoms. The Morgan fingerprint density at radius 3 is 1.11 bits per heavy atom. The largest absolute Gasteiger partial charge is 0.462 e. The standard InChI is InChI=1S/C59H113NO5/c1-4-7-10-13-16-19-22-25-27-29-31-34-36-39-42-45-48-51-57(62)56(54-61)60-58(63)53-55(50-47-44-41-38-35-33-30-28-26-23-20-17-14-11-8-5-2)65-59(64)52-49-46-43-40-37-32-24-21-18-15-12-9-6-3/h32-33,35,37,55-57,61-62H,4-31,34,36,38-54H2,1-3H3,(H,60,63)/b35-33+,37-32-. The third kappa shape index (κ3) is 48.6. The first-order valence-corrected chi connectivity index (χ1v) is 29.1. The summed E-state index contributed by atoms with van der Waals surface area (Å²) < 4.78 is 5.94. The summed E-state index contributed by atoms with van der Waals surface area (Å²) in [5.74, 6) is -0.492. The van der Waals surface area contributed by atoms with Gasteiger partial charge in [0, 0.05) is 6.42 Å². The first-order valence-electron chi connectivity index (χ1n) is 29.1. The minimum absolute atomic E-state index is 0.0656. The van der Waals surface area contributed by atoms with Crippen molar-refractivity contribution in [1.29, 1.82) is 0 Å². The number of rotatable bonds is 53. The molecule has 0 saturated heterocycles. The summed E-state index contributed by atoms with van der Waals surface area (Å²) in [5.41, 5.74) is 0. The van der Waals surface area contributed by atoms with Gasteiger partial charge in [0.1, 0.15) is 6.10 Å². The molecule has 0 radical (unpaired) electrons. The maximum Gasteiger partial charge on any atom is 0.306 e. The van der Waals surface area contributed by atoms with Gasteiger partial charge in [-0.3, -0.25) is 9.59 Å². The van der Waals surface area contributed by atoms with Crippen LogP contribution in [-0.2, 0) is 14.3 Å². The third-order valence-corrected chi connectivity index (χ3v) is 13.5. The zero-order chi connectivity index (χ0) is 47.4. The zero-order valence-corrected chi connectivity index (χ0v) is 43.9. The molecule has 3 N–H and O–H groups in total. The second-order valence-electron chi connectivity index (χ2n) is 20.0. The molecule has 6 heteroatoms. The van der Waals surface area contributed by atoms with E-state index in [1.807, 2.05) is 0 Å². The molecule has 0 aromatic carbocycles. The van der Waals surface area contributed by atoms with Gasteiger partial charge in [0.2, 0.25) is 5.91 Å². The van der Waals surface area contributed by atoms with Crippen molar-refractivity contribution in [2.75, 3.05) is 6.61 Å². The second kappa shape index (κ2) is 53.3. The van der Waals surface area contributed by atoms with Crippen LogP contribution in [0.2, 0.25) is 0 Å². The van der Waals surface area contributed by atoms with Crippen LogP contribution in [0.5, 0.6) is 0 Å². The number of hydrogen-bond acceptors (Lipinski definition) is 5. The van der Waals surface area contributed by atoms with Gasteiger partial charge in [-0.1, -0.05) is 251 Å². The molecule has 0 rings (SSSR count). The average molecular weight is 917 g/mol. The number of allylic oxidation sites excluding steroid dienone is 4. The Kier molecular flexibility index (Phi) is 51.9. The molecule has 6 nitrogen and oxygen atoms in total. The Morgan fingerprint density at radius 2 is 0.738 bits per heavy atom.